The number of benzene rings is 1. The monoisotopic (exact) mass is 400 g/mol. The quantitative estimate of drug-likeness (QED) is 0.415. The van der Waals surface area contributed by atoms with Gasteiger partial charge in [0.05, 0.1) is 9.80 Å². The minimum absolute atomic E-state index is 0.0113. The molecule has 0 aliphatic rings. The number of hydrogen-bond donors (Lipinski definition) is 0. The van der Waals surface area contributed by atoms with Crippen LogP contribution in [-0.4, -0.2) is 38.5 Å². The van der Waals surface area contributed by atoms with Crippen LogP contribution < -0.4 is 0 Å². The maximum Gasteiger partial charge on any atom is 0.270 e. The molecule has 9 heteroatoms. The van der Waals surface area contributed by atoms with E-state index in [1.165, 1.54) is 23.5 Å². The second-order valence-corrected chi connectivity index (χ2v) is 7.25. The first-order valence-corrected chi connectivity index (χ1v) is 9.79. The first-order chi connectivity index (χ1) is 13.5. The van der Waals surface area contributed by atoms with Crippen molar-refractivity contribution in [3.8, 4) is 11.4 Å². The fraction of sp³-hybridized carbons (Fsp3) is 0.316. The van der Waals surface area contributed by atoms with Gasteiger partial charge in [-0.3, -0.25) is 14.9 Å². The molecule has 0 N–H and O–H groups in total. The number of non-ortho nitro benzene ring substituents is 1. The molecule has 3 aromatic rings. The lowest BCUT2D eigenvalue weighted by Crippen LogP contribution is -2.39. The van der Waals surface area contributed by atoms with Crippen LogP contribution in [0.1, 0.15) is 35.8 Å². The molecule has 0 spiro atoms. The van der Waals surface area contributed by atoms with Crippen LogP contribution in [0.2, 0.25) is 0 Å². The van der Waals surface area contributed by atoms with Gasteiger partial charge in [-0.15, -0.1) is 11.3 Å². The Morgan fingerprint density at radius 1 is 1.36 bits per heavy atom. The Labute approximate surface area is 165 Å². The highest BCUT2D eigenvalue weighted by Gasteiger charge is 2.22. The molecule has 0 aliphatic heterocycles. The van der Waals surface area contributed by atoms with Crippen LogP contribution in [0.5, 0.6) is 0 Å². The highest BCUT2D eigenvalue weighted by atomic mass is 32.1. The van der Waals surface area contributed by atoms with E-state index in [-0.39, 0.29) is 17.6 Å². The second kappa shape index (κ2) is 8.75. The van der Waals surface area contributed by atoms with E-state index < -0.39 is 4.92 Å². The van der Waals surface area contributed by atoms with E-state index in [4.69, 9.17) is 4.52 Å². The van der Waals surface area contributed by atoms with E-state index in [2.05, 4.69) is 10.1 Å². The highest BCUT2D eigenvalue weighted by molar-refractivity contribution is 7.12. The average molecular weight is 400 g/mol. The number of carbonyl (C=O) groups excluding carboxylic acids is 1. The lowest BCUT2D eigenvalue weighted by atomic mass is 10.2. The topological polar surface area (TPSA) is 102 Å². The van der Waals surface area contributed by atoms with Gasteiger partial charge >= 0.3 is 0 Å². The molecule has 0 saturated carbocycles. The minimum atomic E-state index is -0.468. The Hall–Kier alpha value is -3.07. The summed E-state index contributed by atoms with van der Waals surface area (Å²) in [6.07, 6.45) is 1.24. The number of amides is 1. The molecule has 2 heterocycles. The van der Waals surface area contributed by atoms with Crippen molar-refractivity contribution >= 4 is 22.9 Å². The Morgan fingerprint density at radius 2 is 2.18 bits per heavy atom. The largest absolute Gasteiger partial charge is 0.339 e. The Morgan fingerprint density at radius 3 is 2.86 bits per heavy atom. The van der Waals surface area contributed by atoms with Crippen LogP contribution in [0.3, 0.4) is 0 Å². The third kappa shape index (κ3) is 4.42. The molecule has 0 aliphatic carbocycles. The number of thiophene rings is 1. The molecule has 0 unspecified atom stereocenters. The zero-order valence-electron chi connectivity index (χ0n) is 15.6. The number of carbonyl (C=O) groups is 1. The van der Waals surface area contributed by atoms with Gasteiger partial charge in [0, 0.05) is 36.7 Å². The van der Waals surface area contributed by atoms with Gasteiger partial charge in [0.2, 0.25) is 11.7 Å². The van der Waals surface area contributed by atoms with Crippen molar-refractivity contribution in [2.45, 2.75) is 32.7 Å². The van der Waals surface area contributed by atoms with Crippen molar-refractivity contribution in [2.75, 3.05) is 6.54 Å². The molecule has 28 heavy (non-hydrogen) atoms. The van der Waals surface area contributed by atoms with Gasteiger partial charge in [-0.05, 0) is 24.8 Å². The van der Waals surface area contributed by atoms with Crippen LogP contribution in [-0.2, 0) is 6.42 Å². The predicted octanol–water partition coefficient (Wildman–Crippen LogP) is 4.19. The van der Waals surface area contributed by atoms with Crippen molar-refractivity contribution in [1.82, 2.24) is 15.0 Å². The lowest BCUT2D eigenvalue weighted by molar-refractivity contribution is -0.384. The molecule has 1 amide bonds. The third-order valence-electron chi connectivity index (χ3n) is 4.47. The molecule has 8 nitrogen and oxygen atoms in total. The summed E-state index contributed by atoms with van der Waals surface area (Å²) in [7, 11) is 0. The molecule has 1 aromatic carbocycles. The van der Waals surface area contributed by atoms with Crippen LogP contribution >= 0.6 is 11.3 Å². The van der Waals surface area contributed by atoms with E-state index >= 15 is 0 Å². The van der Waals surface area contributed by atoms with E-state index in [0.717, 1.165) is 6.42 Å². The number of hydrogen-bond acceptors (Lipinski definition) is 7. The number of aromatic nitrogens is 2. The molecule has 0 fully saturated rings. The average Bonchev–Trinajstić information content (AvgIpc) is 3.40. The molecule has 3 rings (SSSR count). The fourth-order valence-corrected chi connectivity index (χ4v) is 3.41. The third-order valence-corrected chi connectivity index (χ3v) is 5.32. The van der Waals surface area contributed by atoms with Crippen molar-refractivity contribution in [1.29, 1.82) is 0 Å². The normalized spacial score (nSPS) is 11.9. The molecule has 146 valence electrons. The number of nitrogens with zero attached hydrogens (tertiary/aromatic N) is 4. The van der Waals surface area contributed by atoms with Gasteiger partial charge in [-0.25, -0.2) is 0 Å². The zero-order chi connectivity index (χ0) is 20.1. The van der Waals surface area contributed by atoms with Crippen molar-refractivity contribution in [2.24, 2.45) is 0 Å². The van der Waals surface area contributed by atoms with Crippen molar-refractivity contribution in [3.63, 3.8) is 0 Å². The number of nitro groups is 1. The zero-order valence-corrected chi connectivity index (χ0v) is 16.4. The van der Waals surface area contributed by atoms with Crippen LogP contribution in [0.4, 0.5) is 5.69 Å². The van der Waals surface area contributed by atoms with E-state index in [1.54, 1.807) is 12.1 Å². The Bertz CT molecular complexity index is 955. The first kappa shape index (κ1) is 19.7. The van der Waals surface area contributed by atoms with Crippen molar-refractivity contribution < 1.29 is 14.2 Å². The van der Waals surface area contributed by atoms with E-state index in [9.17, 15) is 14.9 Å². The molecule has 0 radical (unpaired) electrons. The molecule has 1 atom stereocenters. The summed E-state index contributed by atoms with van der Waals surface area (Å²) in [5, 5.41) is 16.7. The standard InChI is InChI=1S/C19H20N4O4S/c1-3-13(2)22(19(24)16-8-5-11-28-16)10-9-17-20-18(21-27-17)14-6-4-7-15(12-14)23(25)26/h4-8,11-13H,3,9-10H2,1-2H3/t13-/m0/s1. The van der Waals surface area contributed by atoms with Crippen LogP contribution in [0.15, 0.2) is 46.3 Å². The summed E-state index contributed by atoms with van der Waals surface area (Å²) in [5.74, 6) is 0.662. The number of nitro benzene ring substituents is 1. The van der Waals surface area contributed by atoms with Gasteiger partial charge in [-0.1, -0.05) is 30.3 Å². The summed E-state index contributed by atoms with van der Waals surface area (Å²) in [5.41, 5.74) is 0.478. The van der Waals surface area contributed by atoms with Gasteiger partial charge < -0.3 is 9.42 Å². The maximum absolute atomic E-state index is 12.8. The van der Waals surface area contributed by atoms with Crippen LogP contribution in [0, 0.1) is 10.1 Å². The molecular weight excluding hydrogens is 380 g/mol. The van der Waals surface area contributed by atoms with E-state index in [1.807, 2.05) is 36.3 Å². The van der Waals surface area contributed by atoms with Crippen LogP contribution in [0.25, 0.3) is 11.4 Å². The van der Waals surface area contributed by atoms with E-state index in [0.29, 0.717) is 35.1 Å². The van der Waals surface area contributed by atoms with Gasteiger partial charge in [0.25, 0.3) is 11.6 Å². The molecular formula is C19H20N4O4S. The van der Waals surface area contributed by atoms with Gasteiger partial charge in [0.15, 0.2) is 0 Å². The van der Waals surface area contributed by atoms with Gasteiger partial charge in [0.1, 0.15) is 0 Å². The summed E-state index contributed by atoms with van der Waals surface area (Å²) in [6.45, 7) is 4.49. The van der Waals surface area contributed by atoms with Gasteiger partial charge in [-0.2, -0.15) is 4.98 Å². The fourth-order valence-electron chi connectivity index (χ4n) is 2.73. The Balaban J connectivity index is 1.72. The number of rotatable bonds is 8. The maximum atomic E-state index is 12.8. The molecule has 2 aromatic heterocycles. The predicted molar refractivity (Wildman–Crippen MR) is 105 cm³/mol. The summed E-state index contributed by atoms with van der Waals surface area (Å²) < 4.78 is 5.29. The summed E-state index contributed by atoms with van der Waals surface area (Å²) in [4.78, 5) is 30.0. The SMILES string of the molecule is CC[C@H](C)N(CCc1nc(-c2cccc([N+](=O)[O-])c2)no1)C(=O)c1cccs1. The first-order valence-electron chi connectivity index (χ1n) is 8.91. The molecule has 0 saturated heterocycles. The lowest BCUT2D eigenvalue weighted by Gasteiger charge is -2.27. The summed E-state index contributed by atoms with van der Waals surface area (Å²) in [6, 6.07) is 9.83. The Kier molecular flexibility index (Phi) is 6.15. The summed E-state index contributed by atoms with van der Waals surface area (Å²) >= 11 is 1.42. The molecule has 0 bridgehead atoms. The smallest absolute Gasteiger partial charge is 0.270 e. The second-order valence-electron chi connectivity index (χ2n) is 6.30. The minimum Gasteiger partial charge on any atom is -0.339 e. The van der Waals surface area contributed by atoms with Crippen molar-refractivity contribution in [3.05, 3.63) is 62.7 Å². The highest BCUT2D eigenvalue weighted by Crippen LogP contribution is 2.22.